The first-order valence-corrected chi connectivity index (χ1v) is 13.1. The molecule has 0 unspecified atom stereocenters. The Kier molecular flexibility index (Phi) is 6.09. The van der Waals surface area contributed by atoms with E-state index in [1.54, 1.807) is 47.0 Å². The van der Waals surface area contributed by atoms with Gasteiger partial charge in [-0.3, -0.25) is 19.5 Å². The van der Waals surface area contributed by atoms with Gasteiger partial charge in [0.15, 0.2) is 11.2 Å². The number of nitrogens with zero attached hydrogens (tertiary/aromatic N) is 4. The van der Waals surface area contributed by atoms with E-state index < -0.39 is 35.3 Å². The third-order valence-corrected chi connectivity index (χ3v) is 7.61. The monoisotopic (exact) mass is 601 g/mol. The molecular formula is C28H20Cl2F3N5O3. The Morgan fingerprint density at radius 3 is 2.44 bits per heavy atom. The molecule has 4 heterocycles. The third-order valence-electron chi connectivity index (χ3n) is 7.14. The molecule has 6 rings (SSSR count). The van der Waals surface area contributed by atoms with Crippen molar-refractivity contribution >= 4 is 46.4 Å². The normalized spacial score (nSPS) is 17.8. The Morgan fingerprint density at radius 1 is 1.05 bits per heavy atom. The molecule has 41 heavy (non-hydrogen) atoms. The number of halogens is 5. The van der Waals surface area contributed by atoms with E-state index in [9.17, 15) is 22.8 Å². The van der Waals surface area contributed by atoms with Crippen LogP contribution in [-0.4, -0.2) is 33.5 Å². The molecule has 2 amide bonds. The molecule has 1 N–H and O–H groups in total. The van der Waals surface area contributed by atoms with Crippen LogP contribution in [0, 0.1) is 0 Å². The van der Waals surface area contributed by atoms with E-state index in [2.05, 4.69) is 15.3 Å². The number of aromatic nitrogens is 3. The van der Waals surface area contributed by atoms with E-state index >= 15 is 0 Å². The lowest BCUT2D eigenvalue weighted by Gasteiger charge is -2.35. The van der Waals surface area contributed by atoms with Gasteiger partial charge in [0, 0.05) is 45.3 Å². The molecule has 210 valence electrons. The molecule has 0 aliphatic carbocycles. The van der Waals surface area contributed by atoms with Crippen LogP contribution in [0.1, 0.15) is 47.3 Å². The lowest BCUT2D eigenvalue weighted by molar-refractivity contribution is -0.141. The minimum atomic E-state index is -4.70. The molecule has 1 atom stereocenters. The molecule has 0 fully saturated rings. The van der Waals surface area contributed by atoms with E-state index in [0.717, 1.165) is 12.3 Å². The Balaban J connectivity index is 1.69. The standard InChI is InChI=1S/C28H20Cl2F3N5O3/c1-13(2)37-23-22(36-24(37)17-12-34-21(28(31,32)33)11-20(17)41-3)25(39)38(16-6-4-5-14(29)9-16)27(23)18-8-7-15(30)10-19(18)35-26(27)40/h4-13H,1-3H3,(H,35,40)/t27-/m1/s1. The molecule has 0 saturated carbocycles. The number of amides is 2. The minimum absolute atomic E-state index is 0.0476. The maximum absolute atomic E-state index is 14.3. The predicted octanol–water partition coefficient (Wildman–Crippen LogP) is 6.72. The molecule has 13 heteroatoms. The molecule has 0 bridgehead atoms. The van der Waals surface area contributed by atoms with Gasteiger partial charge in [0.2, 0.25) is 0 Å². The van der Waals surface area contributed by atoms with Gasteiger partial charge in [-0.2, -0.15) is 13.2 Å². The number of hydrogen-bond donors (Lipinski definition) is 1. The molecular weight excluding hydrogens is 582 g/mol. The highest BCUT2D eigenvalue weighted by Crippen LogP contribution is 2.54. The van der Waals surface area contributed by atoms with Crippen molar-refractivity contribution in [1.82, 2.24) is 14.5 Å². The van der Waals surface area contributed by atoms with Gasteiger partial charge in [-0.25, -0.2) is 4.98 Å². The maximum Gasteiger partial charge on any atom is 0.433 e. The Morgan fingerprint density at radius 2 is 1.78 bits per heavy atom. The van der Waals surface area contributed by atoms with Crippen molar-refractivity contribution in [1.29, 1.82) is 0 Å². The fraction of sp³-hybridized carbons (Fsp3) is 0.214. The van der Waals surface area contributed by atoms with Crippen LogP contribution in [0.15, 0.2) is 54.7 Å². The van der Waals surface area contributed by atoms with E-state index in [-0.39, 0.29) is 28.5 Å². The third kappa shape index (κ3) is 3.82. The van der Waals surface area contributed by atoms with Crippen LogP contribution in [0.2, 0.25) is 10.0 Å². The van der Waals surface area contributed by atoms with Crippen LogP contribution < -0.4 is 15.0 Å². The number of imidazole rings is 1. The van der Waals surface area contributed by atoms with Gasteiger partial charge in [-0.15, -0.1) is 0 Å². The van der Waals surface area contributed by atoms with Crippen molar-refractivity contribution in [3.8, 4) is 17.1 Å². The first-order chi connectivity index (χ1) is 19.4. The van der Waals surface area contributed by atoms with Gasteiger partial charge < -0.3 is 14.6 Å². The predicted molar refractivity (Wildman–Crippen MR) is 147 cm³/mol. The number of fused-ring (bicyclic) bond motifs is 4. The molecule has 2 aromatic carbocycles. The second-order valence-corrected chi connectivity index (χ2v) is 10.7. The number of nitrogens with one attached hydrogen (secondary N) is 1. The summed E-state index contributed by atoms with van der Waals surface area (Å²) in [5, 5.41) is 3.57. The largest absolute Gasteiger partial charge is 0.496 e. The number of hydrogen-bond acceptors (Lipinski definition) is 5. The first kappa shape index (κ1) is 27.1. The zero-order valence-corrected chi connectivity index (χ0v) is 23.2. The molecule has 0 saturated heterocycles. The fourth-order valence-corrected chi connectivity index (χ4v) is 5.92. The number of benzene rings is 2. The van der Waals surface area contributed by atoms with Crippen LogP contribution in [0.5, 0.6) is 5.75 Å². The van der Waals surface area contributed by atoms with Gasteiger partial charge >= 0.3 is 6.18 Å². The Bertz CT molecular complexity index is 1770. The average molecular weight is 602 g/mol. The van der Waals surface area contributed by atoms with E-state index in [1.165, 1.54) is 12.0 Å². The van der Waals surface area contributed by atoms with Crippen molar-refractivity contribution < 1.29 is 27.5 Å². The van der Waals surface area contributed by atoms with Crippen molar-refractivity contribution in [3.05, 3.63) is 87.4 Å². The smallest absolute Gasteiger partial charge is 0.433 e. The molecule has 4 aromatic rings. The van der Waals surface area contributed by atoms with Crippen LogP contribution in [-0.2, 0) is 16.5 Å². The summed E-state index contributed by atoms with van der Waals surface area (Å²) in [6.07, 6.45) is -3.70. The second kappa shape index (κ2) is 9.22. The summed E-state index contributed by atoms with van der Waals surface area (Å²) in [5.74, 6) is -1.15. The van der Waals surface area contributed by atoms with Crippen molar-refractivity contribution in [3.63, 3.8) is 0 Å². The lowest BCUT2D eigenvalue weighted by Crippen LogP contribution is -2.51. The van der Waals surface area contributed by atoms with Gasteiger partial charge in [0.25, 0.3) is 11.8 Å². The van der Waals surface area contributed by atoms with Gasteiger partial charge in [0.1, 0.15) is 17.3 Å². The summed E-state index contributed by atoms with van der Waals surface area (Å²) < 4.78 is 47.2. The first-order valence-electron chi connectivity index (χ1n) is 12.4. The average Bonchev–Trinajstić information content (AvgIpc) is 3.51. The summed E-state index contributed by atoms with van der Waals surface area (Å²) in [7, 11) is 1.23. The number of carbonyl (C=O) groups is 2. The maximum atomic E-state index is 14.3. The number of rotatable bonds is 4. The van der Waals surface area contributed by atoms with Crippen LogP contribution >= 0.6 is 23.2 Å². The van der Waals surface area contributed by atoms with Gasteiger partial charge in [0.05, 0.1) is 18.4 Å². The highest BCUT2D eigenvalue weighted by atomic mass is 35.5. The number of pyridine rings is 1. The summed E-state index contributed by atoms with van der Waals surface area (Å²) >= 11 is 12.5. The highest BCUT2D eigenvalue weighted by molar-refractivity contribution is 6.32. The molecule has 2 aromatic heterocycles. The van der Waals surface area contributed by atoms with Crippen LogP contribution in [0.4, 0.5) is 24.5 Å². The number of ether oxygens (including phenoxy) is 1. The van der Waals surface area contributed by atoms with Crippen LogP contribution in [0.25, 0.3) is 11.4 Å². The van der Waals surface area contributed by atoms with Crippen LogP contribution in [0.3, 0.4) is 0 Å². The van der Waals surface area contributed by atoms with E-state index in [1.807, 2.05) is 13.8 Å². The zero-order valence-electron chi connectivity index (χ0n) is 21.7. The van der Waals surface area contributed by atoms with Gasteiger partial charge in [-0.05, 0) is 44.2 Å². The quantitative estimate of drug-likeness (QED) is 0.280. The summed E-state index contributed by atoms with van der Waals surface area (Å²) in [6, 6.07) is 11.7. The SMILES string of the molecule is COc1cc(C(F)(F)F)ncc1-c1nc2c(n1C(C)C)[C@]1(C(=O)Nc3cc(Cl)ccc31)N(c1cccc(Cl)c1)C2=O. The molecule has 1 spiro atoms. The van der Waals surface area contributed by atoms with E-state index in [4.69, 9.17) is 27.9 Å². The van der Waals surface area contributed by atoms with E-state index in [0.29, 0.717) is 27.0 Å². The highest BCUT2D eigenvalue weighted by Gasteiger charge is 2.64. The Labute approximate surface area is 241 Å². The summed E-state index contributed by atoms with van der Waals surface area (Å²) in [4.78, 5) is 38.0. The summed E-state index contributed by atoms with van der Waals surface area (Å²) in [5.41, 5.74) is -1.36. The Hall–Kier alpha value is -4.09. The molecule has 2 aliphatic heterocycles. The number of carbonyl (C=O) groups excluding carboxylic acids is 2. The molecule has 0 radical (unpaired) electrons. The van der Waals surface area contributed by atoms with Crippen molar-refractivity contribution in [2.45, 2.75) is 31.6 Å². The van der Waals surface area contributed by atoms with Crippen molar-refractivity contribution in [2.75, 3.05) is 17.3 Å². The number of alkyl halides is 3. The molecule has 2 aliphatic rings. The topological polar surface area (TPSA) is 89.3 Å². The fourth-order valence-electron chi connectivity index (χ4n) is 5.57. The van der Waals surface area contributed by atoms with Crippen molar-refractivity contribution in [2.24, 2.45) is 0 Å². The number of anilines is 2. The minimum Gasteiger partial charge on any atom is -0.496 e. The zero-order chi connectivity index (χ0) is 29.4. The lowest BCUT2D eigenvalue weighted by atomic mass is 9.87. The summed E-state index contributed by atoms with van der Waals surface area (Å²) in [6.45, 7) is 3.62. The number of methoxy groups -OCH3 is 1. The van der Waals surface area contributed by atoms with Gasteiger partial charge in [-0.1, -0.05) is 35.3 Å². The second-order valence-electron chi connectivity index (χ2n) is 9.84. The molecule has 8 nitrogen and oxygen atoms in total.